The van der Waals surface area contributed by atoms with Gasteiger partial charge in [0.25, 0.3) is 5.91 Å². The van der Waals surface area contributed by atoms with E-state index >= 15 is 0 Å². The number of amides is 2. The van der Waals surface area contributed by atoms with Gasteiger partial charge < -0.3 is 15.4 Å². The van der Waals surface area contributed by atoms with Crippen LogP contribution in [0.5, 0.6) is 5.75 Å². The topological polar surface area (TPSA) is 70.7 Å². The highest BCUT2D eigenvalue weighted by Gasteiger charge is 2.29. The quantitative estimate of drug-likeness (QED) is 0.627. The summed E-state index contributed by atoms with van der Waals surface area (Å²) in [6.45, 7) is 8.32. The zero-order valence-corrected chi connectivity index (χ0v) is 19.6. The second kappa shape index (κ2) is 11.1. The lowest BCUT2D eigenvalue weighted by Crippen LogP contribution is -2.51. The molecule has 0 spiro atoms. The molecule has 1 heterocycles. The van der Waals surface area contributed by atoms with E-state index in [1.165, 1.54) is 0 Å². The average Bonchev–Trinajstić information content (AvgIpc) is 3.32. The van der Waals surface area contributed by atoms with Gasteiger partial charge in [-0.25, -0.2) is 0 Å². The molecule has 6 heteroatoms. The van der Waals surface area contributed by atoms with Crippen molar-refractivity contribution < 1.29 is 14.3 Å². The summed E-state index contributed by atoms with van der Waals surface area (Å²) < 4.78 is 5.59. The predicted octanol–water partition coefficient (Wildman–Crippen LogP) is 3.71. The SMILES string of the molecule is COc1ccccc1C(CNC(=O)C(NC(=O)c1ccc(C)cc1)C(C)C)N1CCCC1. The molecule has 0 aliphatic carbocycles. The van der Waals surface area contributed by atoms with E-state index in [4.69, 9.17) is 4.74 Å². The fraction of sp³-hybridized carbons (Fsp3) is 0.462. The van der Waals surface area contributed by atoms with E-state index in [1.54, 1.807) is 19.2 Å². The number of benzene rings is 2. The summed E-state index contributed by atoms with van der Waals surface area (Å²) in [7, 11) is 1.67. The molecular weight excluding hydrogens is 402 g/mol. The molecule has 0 saturated carbocycles. The molecule has 0 bridgehead atoms. The maximum Gasteiger partial charge on any atom is 0.251 e. The Morgan fingerprint density at radius 3 is 2.31 bits per heavy atom. The fourth-order valence-corrected chi connectivity index (χ4v) is 4.20. The van der Waals surface area contributed by atoms with Crippen LogP contribution >= 0.6 is 0 Å². The van der Waals surface area contributed by atoms with Crippen LogP contribution in [0.1, 0.15) is 54.2 Å². The number of rotatable bonds is 9. The van der Waals surface area contributed by atoms with Gasteiger partial charge in [-0.1, -0.05) is 49.7 Å². The first-order valence-corrected chi connectivity index (χ1v) is 11.4. The minimum atomic E-state index is -0.610. The number of hydrogen-bond donors (Lipinski definition) is 2. The molecule has 3 rings (SSSR count). The van der Waals surface area contributed by atoms with Crippen molar-refractivity contribution >= 4 is 11.8 Å². The molecule has 32 heavy (non-hydrogen) atoms. The molecule has 2 N–H and O–H groups in total. The Morgan fingerprint density at radius 1 is 1.03 bits per heavy atom. The number of carbonyl (C=O) groups excluding carboxylic acids is 2. The molecule has 2 aromatic rings. The van der Waals surface area contributed by atoms with Gasteiger partial charge in [-0.05, 0) is 57.0 Å². The first-order chi connectivity index (χ1) is 15.4. The van der Waals surface area contributed by atoms with E-state index in [0.717, 1.165) is 42.8 Å². The third kappa shape index (κ3) is 5.88. The van der Waals surface area contributed by atoms with Crippen molar-refractivity contribution in [3.8, 4) is 5.75 Å². The van der Waals surface area contributed by atoms with Crippen molar-refractivity contribution in [1.29, 1.82) is 0 Å². The molecule has 2 unspecified atom stereocenters. The van der Waals surface area contributed by atoms with E-state index in [-0.39, 0.29) is 23.8 Å². The monoisotopic (exact) mass is 437 g/mol. The largest absolute Gasteiger partial charge is 0.496 e. The van der Waals surface area contributed by atoms with Crippen LogP contribution in [0.2, 0.25) is 0 Å². The highest BCUT2D eigenvalue weighted by Crippen LogP contribution is 2.31. The van der Waals surface area contributed by atoms with Gasteiger partial charge in [0, 0.05) is 17.7 Å². The Bertz CT molecular complexity index is 905. The zero-order valence-electron chi connectivity index (χ0n) is 19.6. The summed E-state index contributed by atoms with van der Waals surface area (Å²) in [4.78, 5) is 28.2. The molecule has 0 aromatic heterocycles. The Labute approximate surface area is 191 Å². The molecular formula is C26H35N3O3. The summed E-state index contributed by atoms with van der Waals surface area (Å²) in [5.41, 5.74) is 2.71. The normalized spacial score (nSPS) is 15.9. The Balaban J connectivity index is 1.71. The average molecular weight is 438 g/mol. The minimum absolute atomic E-state index is 0.0261. The second-order valence-electron chi connectivity index (χ2n) is 8.81. The van der Waals surface area contributed by atoms with Crippen LogP contribution in [-0.2, 0) is 4.79 Å². The molecule has 1 aliphatic heterocycles. The van der Waals surface area contributed by atoms with Gasteiger partial charge in [-0.3, -0.25) is 14.5 Å². The second-order valence-corrected chi connectivity index (χ2v) is 8.81. The van der Waals surface area contributed by atoms with Crippen molar-refractivity contribution in [3.63, 3.8) is 0 Å². The lowest BCUT2D eigenvalue weighted by Gasteiger charge is -2.30. The first kappa shape index (κ1) is 23.8. The molecule has 2 aromatic carbocycles. The number of carbonyl (C=O) groups is 2. The zero-order chi connectivity index (χ0) is 23.1. The van der Waals surface area contributed by atoms with Crippen LogP contribution < -0.4 is 15.4 Å². The van der Waals surface area contributed by atoms with Crippen LogP contribution in [0.3, 0.4) is 0 Å². The molecule has 172 valence electrons. The molecule has 1 fully saturated rings. The standard InChI is InChI=1S/C26H35N3O3/c1-18(2)24(28-25(30)20-13-11-19(3)12-14-20)26(31)27-17-22(29-15-7-8-16-29)21-9-5-6-10-23(21)32-4/h5-6,9-14,18,22,24H,7-8,15-17H2,1-4H3,(H,27,31)(H,28,30). The number of hydrogen-bond acceptors (Lipinski definition) is 4. The summed E-state index contributed by atoms with van der Waals surface area (Å²) >= 11 is 0. The Kier molecular flexibility index (Phi) is 8.28. The van der Waals surface area contributed by atoms with E-state index in [1.807, 2.05) is 51.1 Å². The minimum Gasteiger partial charge on any atom is -0.496 e. The van der Waals surface area contributed by atoms with Crippen LogP contribution in [-0.4, -0.2) is 49.5 Å². The Morgan fingerprint density at radius 2 is 1.69 bits per heavy atom. The van der Waals surface area contributed by atoms with Crippen LogP contribution in [0.4, 0.5) is 0 Å². The van der Waals surface area contributed by atoms with Gasteiger partial charge in [0.1, 0.15) is 11.8 Å². The van der Waals surface area contributed by atoms with Gasteiger partial charge in [0.2, 0.25) is 5.91 Å². The van der Waals surface area contributed by atoms with Crippen LogP contribution in [0, 0.1) is 12.8 Å². The van der Waals surface area contributed by atoms with Gasteiger partial charge in [-0.2, -0.15) is 0 Å². The van der Waals surface area contributed by atoms with E-state index in [9.17, 15) is 9.59 Å². The first-order valence-electron chi connectivity index (χ1n) is 11.4. The number of nitrogens with one attached hydrogen (secondary N) is 2. The molecule has 1 aliphatic rings. The van der Waals surface area contributed by atoms with E-state index in [2.05, 4.69) is 21.6 Å². The van der Waals surface area contributed by atoms with E-state index in [0.29, 0.717) is 12.1 Å². The van der Waals surface area contributed by atoms with Crippen molar-refractivity contribution in [1.82, 2.24) is 15.5 Å². The summed E-state index contributed by atoms with van der Waals surface area (Å²) in [5, 5.41) is 6.02. The van der Waals surface area contributed by atoms with Crippen molar-refractivity contribution in [3.05, 3.63) is 65.2 Å². The molecule has 0 radical (unpaired) electrons. The molecule has 6 nitrogen and oxygen atoms in total. The molecule has 1 saturated heterocycles. The maximum absolute atomic E-state index is 13.1. The summed E-state index contributed by atoms with van der Waals surface area (Å²) in [6.07, 6.45) is 2.31. The van der Waals surface area contributed by atoms with Crippen LogP contribution in [0.25, 0.3) is 0 Å². The number of para-hydroxylation sites is 1. The van der Waals surface area contributed by atoms with Gasteiger partial charge in [0.05, 0.1) is 13.2 Å². The predicted molar refractivity (Wildman–Crippen MR) is 127 cm³/mol. The Hall–Kier alpha value is -2.86. The van der Waals surface area contributed by atoms with Gasteiger partial charge in [0.15, 0.2) is 0 Å². The molecule has 2 atom stereocenters. The smallest absolute Gasteiger partial charge is 0.251 e. The van der Waals surface area contributed by atoms with E-state index < -0.39 is 6.04 Å². The number of ether oxygens (including phenoxy) is 1. The van der Waals surface area contributed by atoms with Crippen molar-refractivity contribution in [2.24, 2.45) is 5.92 Å². The number of aryl methyl sites for hydroxylation is 1. The van der Waals surface area contributed by atoms with Crippen molar-refractivity contribution in [2.75, 3.05) is 26.7 Å². The molecule has 2 amide bonds. The maximum atomic E-state index is 13.1. The van der Waals surface area contributed by atoms with Crippen LogP contribution in [0.15, 0.2) is 48.5 Å². The fourth-order valence-electron chi connectivity index (χ4n) is 4.20. The highest BCUT2D eigenvalue weighted by molar-refractivity contribution is 5.97. The third-order valence-corrected chi connectivity index (χ3v) is 6.10. The third-order valence-electron chi connectivity index (χ3n) is 6.10. The highest BCUT2D eigenvalue weighted by atomic mass is 16.5. The van der Waals surface area contributed by atoms with Crippen molar-refractivity contribution in [2.45, 2.75) is 45.7 Å². The lowest BCUT2D eigenvalue weighted by atomic mass is 10.0. The number of methoxy groups -OCH3 is 1. The lowest BCUT2D eigenvalue weighted by molar-refractivity contribution is -0.124. The number of nitrogens with zero attached hydrogens (tertiary/aromatic N) is 1. The van der Waals surface area contributed by atoms with Gasteiger partial charge in [-0.15, -0.1) is 0 Å². The van der Waals surface area contributed by atoms with Gasteiger partial charge >= 0.3 is 0 Å². The summed E-state index contributed by atoms with van der Waals surface area (Å²) in [6, 6.07) is 14.8. The number of likely N-dealkylation sites (tertiary alicyclic amines) is 1. The summed E-state index contributed by atoms with van der Waals surface area (Å²) in [5.74, 6) is 0.381.